The lowest BCUT2D eigenvalue weighted by molar-refractivity contribution is 0.224. The molecule has 1 aromatic heterocycles. The first kappa shape index (κ1) is 18.8. The Morgan fingerprint density at radius 3 is 2.27 bits per heavy atom. The molecule has 0 saturated carbocycles. The maximum atomic E-state index is 12.2. The smallest absolute Gasteiger partial charge is 0.212 e. The van der Waals surface area contributed by atoms with Crippen molar-refractivity contribution in [1.29, 1.82) is 0 Å². The Labute approximate surface area is 158 Å². The van der Waals surface area contributed by atoms with Crippen LogP contribution < -0.4 is 4.72 Å². The van der Waals surface area contributed by atoms with Crippen molar-refractivity contribution in [3.05, 3.63) is 93.7 Å². The van der Waals surface area contributed by atoms with Gasteiger partial charge in [0.1, 0.15) is 6.10 Å². The molecule has 0 amide bonds. The third-order valence-electron chi connectivity index (χ3n) is 4.04. The first-order valence-corrected chi connectivity index (χ1v) is 10.8. The van der Waals surface area contributed by atoms with Crippen LogP contribution in [0.5, 0.6) is 0 Å². The van der Waals surface area contributed by atoms with Gasteiger partial charge in [0.25, 0.3) is 0 Å². The monoisotopic (exact) mass is 387 g/mol. The van der Waals surface area contributed by atoms with Gasteiger partial charge in [-0.2, -0.15) is 0 Å². The van der Waals surface area contributed by atoms with Gasteiger partial charge in [0, 0.05) is 16.3 Å². The van der Waals surface area contributed by atoms with E-state index in [1.54, 1.807) is 0 Å². The molecule has 2 aromatic carbocycles. The van der Waals surface area contributed by atoms with Crippen molar-refractivity contribution in [2.45, 2.75) is 19.1 Å². The van der Waals surface area contributed by atoms with E-state index < -0.39 is 16.1 Å². The van der Waals surface area contributed by atoms with Crippen molar-refractivity contribution in [2.24, 2.45) is 0 Å². The minimum Gasteiger partial charge on any atom is -0.383 e. The molecule has 136 valence electrons. The molecule has 4 nitrogen and oxygen atoms in total. The van der Waals surface area contributed by atoms with E-state index in [2.05, 4.69) is 4.72 Å². The van der Waals surface area contributed by atoms with Gasteiger partial charge in [0.05, 0.1) is 5.75 Å². The van der Waals surface area contributed by atoms with Gasteiger partial charge in [-0.1, -0.05) is 60.7 Å². The Bertz CT molecular complexity index is 922. The molecule has 1 unspecified atom stereocenters. The minimum absolute atomic E-state index is 0.0574. The number of thiophene rings is 1. The molecule has 1 atom stereocenters. The molecule has 1 heterocycles. The van der Waals surface area contributed by atoms with E-state index in [0.717, 1.165) is 20.9 Å². The van der Waals surface area contributed by atoms with Gasteiger partial charge in [-0.3, -0.25) is 0 Å². The van der Waals surface area contributed by atoms with Crippen molar-refractivity contribution in [3.63, 3.8) is 0 Å². The lowest BCUT2D eigenvalue weighted by Gasteiger charge is -2.08. The number of sulfonamides is 1. The third kappa shape index (κ3) is 5.25. The lowest BCUT2D eigenvalue weighted by Crippen LogP contribution is -2.26. The van der Waals surface area contributed by atoms with E-state index >= 15 is 0 Å². The number of hydrogen-bond acceptors (Lipinski definition) is 4. The predicted molar refractivity (Wildman–Crippen MR) is 106 cm³/mol. The highest BCUT2D eigenvalue weighted by atomic mass is 32.2. The molecule has 3 aromatic rings. The van der Waals surface area contributed by atoms with E-state index in [1.807, 2.05) is 72.8 Å². The van der Waals surface area contributed by atoms with Crippen LogP contribution in [0.4, 0.5) is 0 Å². The van der Waals surface area contributed by atoms with E-state index in [0.29, 0.717) is 6.42 Å². The molecule has 0 aliphatic rings. The average Bonchev–Trinajstić information content (AvgIpc) is 3.15. The van der Waals surface area contributed by atoms with Crippen LogP contribution in [0, 0.1) is 0 Å². The summed E-state index contributed by atoms with van der Waals surface area (Å²) in [5, 5.41) is 10.4. The van der Waals surface area contributed by atoms with E-state index in [1.165, 1.54) is 11.3 Å². The summed E-state index contributed by atoms with van der Waals surface area (Å²) in [6, 6.07) is 22.7. The van der Waals surface area contributed by atoms with Crippen LogP contribution in [0.25, 0.3) is 0 Å². The number of aryl methyl sites for hydroxylation is 1. The van der Waals surface area contributed by atoms with Crippen LogP contribution in [0.2, 0.25) is 0 Å². The van der Waals surface area contributed by atoms with Gasteiger partial charge in [-0.25, -0.2) is 13.1 Å². The van der Waals surface area contributed by atoms with E-state index in [9.17, 15) is 13.5 Å². The zero-order chi connectivity index (χ0) is 18.4. The summed E-state index contributed by atoms with van der Waals surface area (Å²) in [7, 11) is -3.35. The summed E-state index contributed by atoms with van der Waals surface area (Å²) >= 11 is 1.41. The maximum Gasteiger partial charge on any atom is 0.212 e. The van der Waals surface area contributed by atoms with Gasteiger partial charge >= 0.3 is 0 Å². The van der Waals surface area contributed by atoms with Crippen molar-refractivity contribution in [3.8, 4) is 0 Å². The molecule has 0 spiro atoms. The van der Waals surface area contributed by atoms with Crippen LogP contribution in [-0.4, -0.2) is 19.3 Å². The molecule has 2 N–H and O–H groups in total. The molecule has 0 fully saturated rings. The van der Waals surface area contributed by atoms with Crippen molar-refractivity contribution < 1.29 is 13.5 Å². The lowest BCUT2D eigenvalue weighted by atomic mass is 10.1. The normalized spacial score (nSPS) is 12.8. The van der Waals surface area contributed by atoms with Gasteiger partial charge in [0.2, 0.25) is 10.0 Å². The van der Waals surface area contributed by atoms with Crippen molar-refractivity contribution in [1.82, 2.24) is 4.72 Å². The van der Waals surface area contributed by atoms with Crippen LogP contribution in [0.15, 0.2) is 72.8 Å². The molecule has 0 radical (unpaired) electrons. The topological polar surface area (TPSA) is 66.4 Å². The molecule has 3 rings (SSSR count). The Kier molecular flexibility index (Phi) is 6.21. The zero-order valence-corrected chi connectivity index (χ0v) is 15.8. The Hall–Kier alpha value is -1.99. The molecule has 26 heavy (non-hydrogen) atoms. The summed E-state index contributed by atoms with van der Waals surface area (Å²) in [5.74, 6) is 0.0574. The predicted octanol–water partition coefficient (Wildman–Crippen LogP) is 3.49. The molecule has 0 aliphatic heterocycles. The fourth-order valence-corrected chi connectivity index (χ4v) is 4.67. The Morgan fingerprint density at radius 2 is 1.58 bits per heavy atom. The first-order valence-electron chi connectivity index (χ1n) is 8.36. The van der Waals surface area contributed by atoms with Crippen LogP contribution in [0.3, 0.4) is 0 Å². The van der Waals surface area contributed by atoms with Gasteiger partial charge in [-0.15, -0.1) is 11.3 Å². The average molecular weight is 388 g/mol. The fourth-order valence-electron chi connectivity index (χ4n) is 2.59. The van der Waals surface area contributed by atoms with Gasteiger partial charge in [-0.05, 0) is 29.7 Å². The molecule has 6 heteroatoms. The molecule has 0 aliphatic carbocycles. The van der Waals surface area contributed by atoms with Crippen LogP contribution in [0.1, 0.15) is 27.0 Å². The second-order valence-electron chi connectivity index (χ2n) is 5.99. The molecule has 0 bridgehead atoms. The number of aliphatic hydroxyl groups is 1. The Balaban J connectivity index is 1.55. The number of hydrogen-bond donors (Lipinski definition) is 2. The number of nitrogens with one attached hydrogen (secondary N) is 1. The summed E-state index contributed by atoms with van der Waals surface area (Å²) in [6.45, 7) is 0.239. The van der Waals surface area contributed by atoms with Crippen molar-refractivity contribution >= 4 is 21.4 Å². The zero-order valence-electron chi connectivity index (χ0n) is 14.2. The van der Waals surface area contributed by atoms with E-state index in [4.69, 9.17) is 0 Å². The summed E-state index contributed by atoms with van der Waals surface area (Å²) in [4.78, 5) is 1.67. The first-order chi connectivity index (χ1) is 12.5. The number of aliphatic hydroxyl groups excluding tert-OH is 1. The quantitative estimate of drug-likeness (QED) is 0.622. The molecular weight excluding hydrogens is 366 g/mol. The summed E-state index contributed by atoms with van der Waals surface area (Å²) in [5.41, 5.74) is 1.83. The largest absolute Gasteiger partial charge is 0.383 e. The van der Waals surface area contributed by atoms with Gasteiger partial charge in [0.15, 0.2) is 0 Å². The second-order valence-corrected chi connectivity index (χ2v) is 9.12. The SMILES string of the molecule is O=S(=O)(CCc1ccccc1)NCc1ccc(C(O)c2ccccc2)s1. The number of rotatable bonds is 8. The molecule has 0 saturated heterocycles. The second kappa shape index (κ2) is 8.60. The minimum atomic E-state index is -3.35. The molecular formula is C20H21NO3S2. The maximum absolute atomic E-state index is 12.2. The summed E-state index contributed by atoms with van der Waals surface area (Å²) in [6.07, 6.45) is -0.205. The highest BCUT2D eigenvalue weighted by molar-refractivity contribution is 7.89. The summed E-state index contributed by atoms with van der Waals surface area (Å²) < 4.78 is 27.0. The standard InChI is InChI=1S/C20H21NO3S2/c22-20(17-9-5-2-6-10-17)19-12-11-18(25-19)15-21-26(23,24)14-13-16-7-3-1-4-8-16/h1-12,20-22H,13-15H2. The highest BCUT2D eigenvalue weighted by Gasteiger charge is 2.14. The highest BCUT2D eigenvalue weighted by Crippen LogP contribution is 2.28. The van der Waals surface area contributed by atoms with Crippen LogP contribution >= 0.6 is 11.3 Å². The Morgan fingerprint density at radius 1 is 0.923 bits per heavy atom. The van der Waals surface area contributed by atoms with Gasteiger partial charge < -0.3 is 5.11 Å². The van der Waals surface area contributed by atoms with Crippen molar-refractivity contribution in [2.75, 3.05) is 5.75 Å². The third-order valence-corrected chi connectivity index (χ3v) is 6.50. The number of benzene rings is 2. The fraction of sp³-hybridized carbons (Fsp3) is 0.200. The van der Waals surface area contributed by atoms with Crippen LogP contribution in [-0.2, 0) is 23.0 Å². The van der Waals surface area contributed by atoms with E-state index in [-0.39, 0.29) is 12.3 Å².